The van der Waals surface area contributed by atoms with Crippen LogP contribution in [0.3, 0.4) is 0 Å². The number of thioether (sulfide) groups is 1. The first-order valence-electron chi connectivity index (χ1n) is 10.3. The molecule has 164 valence electrons. The zero-order valence-corrected chi connectivity index (χ0v) is 19.3. The first-order valence-corrected chi connectivity index (χ1v) is 11.7. The van der Waals surface area contributed by atoms with Gasteiger partial charge in [0.15, 0.2) is 5.11 Å². The Kier molecular flexibility index (Phi) is 5.70. The molecule has 1 saturated heterocycles. The fraction of sp³-hybridized carbons (Fsp3) is 0.120. The first-order chi connectivity index (χ1) is 16.1. The predicted octanol–water partition coefficient (Wildman–Crippen LogP) is 4.48. The monoisotopic (exact) mass is 473 g/mol. The van der Waals surface area contributed by atoms with Crippen molar-refractivity contribution < 1.29 is 9.53 Å². The molecule has 0 spiro atoms. The maximum absolute atomic E-state index is 13.6. The Morgan fingerprint density at radius 2 is 1.70 bits per heavy atom. The number of hydrogen-bond acceptors (Lipinski definition) is 6. The topological polar surface area (TPSA) is 64.4 Å². The minimum Gasteiger partial charge on any atom is -0.497 e. The van der Waals surface area contributed by atoms with Gasteiger partial charge in [0, 0.05) is 5.56 Å². The van der Waals surface area contributed by atoms with Crippen LogP contribution in [-0.2, 0) is 4.79 Å². The highest BCUT2D eigenvalue weighted by molar-refractivity contribution is 8.00. The van der Waals surface area contributed by atoms with Gasteiger partial charge in [-0.2, -0.15) is 0 Å². The molecule has 0 bridgehead atoms. The minimum atomic E-state index is -0.349. The number of methoxy groups -OCH3 is 1. The molecule has 0 N–H and O–H groups in total. The number of para-hydroxylation sites is 1. The van der Waals surface area contributed by atoms with E-state index in [-0.39, 0.29) is 27.7 Å². The van der Waals surface area contributed by atoms with Gasteiger partial charge in [-0.25, -0.2) is 9.55 Å². The molecule has 8 heteroatoms. The number of ether oxygens (including phenoxy) is 1. The lowest BCUT2D eigenvalue weighted by molar-refractivity contribution is -0.124. The van der Waals surface area contributed by atoms with E-state index in [9.17, 15) is 9.59 Å². The number of rotatable bonds is 3. The lowest BCUT2D eigenvalue weighted by Crippen LogP contribution is -2.43. The molecule has 1 atom stereocenters. The third-order valence-corrected chi connectivity index (χ3v) is 7.07. The molecule has 3 aromatic carbocycles. The maximum Gasteiger partial charge on any atom is 0.268 e. The molecule has 1 fully saturated rings. The summed E-state index contributed by atoms with van der Waals surface area (Å²) >= 11 is 7.28. The van der Waals surface area contributed by atoms with Crippen LogP contribution in [-0.4, -0.2) is 38.3 Å². The average molecular weight is 474 g/mol. The highest BCUT2D eigenvalue weighted by Crippen LogP contribution is 2.40. The van der Waals surface area contributed by atoms with Gasteiger partial charge in [-0.15, -0.1) is 11.8 Å². The Hall–Kier alpha value is -3.49. The summed E-state index contributed by atoms with van der Waals surface area (Å²) < 4.78 is 6.63. The molecule has 0 radical (unpaired) electrons. The molecule has 4 aromatic rings. The van der Waals surface area contributed by atoms with Gasteiger partial charge in [0.05, 0.1) is 23.8 Å². The van der Waals surface area contributed by atoms with Gasteiger partial charge < -0.3 is 4.74 Å². The van der Waals surface area contributed by atoms with Crippen LogP contribution in [0, 0.1) is 0 Å². The van der Waals surface area contributed by atoms with Crippen LogP contribution in [0.2, 0.25) is 0 Å². The quantitative estimate of drug-likeness (QED) is 0.409. The Morgan fingerprint density at radius 3 is 2.42 bits per heavy atom. The molecule has 6 nitrogen and oxygen atoms in total. The van der Waals surface area contributed by atoms with E-state index in [0.29, 0.717) is 16.7 Å². The molecule has 0 aliphatic carbocycles. The van der Waals surface area contributed by atoms with Gasteiger partial charge >= 0.3 is 0 Å². The molecule has 33 heavy (non-hydrogen) atoms. The average Bonchev–Trinajstić information content (AvgIpc) is 3.25. The van der Waals surface area contributed by atoms with Gasteiger partial charge in [0.2, 0.25) is 5.91 Å². The van der Waals surface area contributed by atoms with Crippen molar-refractivity contribution in [1.82, 2.24) is 14.5 Å². The van der Waals surface area contributed by atoms with Crippen LogP contribution in [0.5, 0.6) is 5.75 Å². The summed E-state index contributed by atoms with van der Waals surface area (Å²) in [5, 5.41) is 0.214. The highest BCUT2D eigenvalue weighted by Gasteiger charge is 2.37. The summed E-state index contributed by atoms with van der Waals surface area (Å²) in [4.78, 5) is 32.9. The summed E-state index contributed by atoms with van der Waals surface area (Å²) in [5.41, 5.74) is 1.91. The molecule has 2 heterocycles. The third kappa shape index (κ3) is 3.81. The van der Waals surface area contributed by atoms with Crippen LogP contribution in [0.25, 0.3) is 22.3 Å². The molecule has 1 aliphatic rings. The summed E-state index contributed by atoms with van der Waals surface area (Å²) in [7, 11) is 1.61. The van der Waals surface area contributed by atoms with Gasteiger partial charge in [0.1, 0.15) is 16.9 Å². The van der Waals surface area contributed by atoms with Crippen molar-refractivity contribution in [2.24, 2.45) is 0 Å². The van der Waals surface area contributed by atoms with E-state index in [4.69, 9.17) is 21.9 Å². The number of thiocarbonyl (C=S) groups is 1. The van der Waals surface area contributed by atoms with Crippen molar-refractivity contribution in [3.8, 4) is 17.1 Å². The molecule has 1 aliphatic heterocycles. The number of amides is 1. The van der Waals surface area contributed by atoms with Crippen LogP contribution in [0.4, 0.5) is 0 Å². The smallest absolute Gasteiger partial charge is 0.268 e. The normalized spacial score (nSPS) is 15.7. The summed E-state index contributed by atoms with van der Waals surface area (Å²) in [6, 6.07) is 24.0. The fourth-order valence-corrected chi connectivity index (χ4v) is 5.44. The van der Waals surface area contributed by atoms with Crippen LogP contribution in [0.1, 0.15) is 10.9 Å². The van der Waals surface area contributed by atoms with E-state index in [1.54, 1.807) is 25.3 Å². The van der Waals surface area contributed by atoms with Gasteiger partial charge in [-0.3, -0.25) is 14.5 Å². The van der Waals surface area contributed by atoms with Crippen molar-refractivity contribution in [1.29, 1.82) is 0 Å². The van der Waals surface area contributed by atoms with Gasteiger partial charge in [-0.1, -0.05) is 54.6 Å². The molecule has 1 aromatic heterocycles. The van der Waals surface area contributed by atoms with Gasteiger partial charge in [-0.05, 0) is 42.0 Å². The minimum absolute atomic E-state index is 0.118. The zero-order valence-electron chi connectivity index (χ0n) is 17.7. The Morgan fingerprint density at radius 1 is 1.00 bits per heavy atom. The molecule has 0 saturated carbocycles. The number of fused-ring (bicyclic) bond motifs is 1. The summed E-state index contributed by atoms with van der Waals surface area (Å²) in [6.45, 7) is 0. The number of carbonyl (C=O) groups is 1. The Labute approximate surface area is 199 Å². The van der Waals surface area contributed by atoms with Crippen LogP contribution >= 0.6 is 24.0 Å². The summed E-state index contributed by atoms with van der Waals surface area (Å²) in [5.74, 6) is 1.25. The molecular formula is C25H19N3O3S2. The van der Waals surface area contributed by atoms with Crippen LogP contribution < -0.4 is 10.3 Å². The molecule has 1 unspecified atom stereocenters. The molecule has 5 rings (SSSR count). The second-order valence-electron chi connectivity index (χ2n) is 7.44. The number of hydrogen-bond donors (Lipinski definition) is 0. The Balaban J connectivity index is 1.67. The van der Waals surface area contributed by atoms with E-state index in [1.807, 2.05) is 60.7 Å². The predicted molar refractivity (Wildman–Crippen MR) is 134 cm³/mol. The van der Waals surface area contributed by atoms with Crippen LogP contribution in [0.15, 0.2) is 83.7 Å². The lowest BCUT2D eigenvalue weighted by atomic mass is 10.1. The largest absolute Gasteiger partial charge is 0.497 e. The van der Waals surface area contributed by atoms with Crippen molar-refractivity contribution in [3.63, 3.8) is 0 Å². The Bertz CT molecular complexity index is 1420. The highest BCUT2D eigenvalue weighted by atomic mass is 32.2. The summed E-state index contributed by atoms with van der Waals surface area (Å²) in [6.07, 6.45) is 0. The van der Waals surface area contributed by atoms with E-state index < -0.39 is 0 Å². The standard InChI is InChI=1S/C25H19N3O3S2/c1-31-18-13-11-17(12-14-18)24-27(21(29)15-33-24)25(32)28-22(16-7-3-2-4-8-16)26-20-10-6-5-9-19(20)23(28)30/h2-14,24H,15H2,1H3. The first kappa shape index (κ1) is 21.4. The molecular weight excluding hydrogens is 454 g/mol. The SMILES string of the molecule is COc1ccc(C2SCC(=O)N2C(=S)n2c(-c3ccccc3)nc3ccccc3c2=O)cc1. The van der Waals surface area contributed by atoms with Gasteiger partial charge in [0.25, 0.3) is 5.56 Å². The van der Waals surface area contributed by atoms with E-state index >= 15 is 0 Å². The lowest BCUT2D eigenvalue weighted by Gasteiger charge is -2.26. The van der Waals surface area contributed by atoms with E-state index in [2.05, 4.69) is 0 Å². The van der Waals surface area contributed by atoms with E-state index in [0.717, 1.165) is 16.9 Å². The second kappa shape index (κ2) is 8.80. The number of nitrogens with zero attached hydrogens (tertiary/aromatic N) is 3. The number of benzene rings is 3. The third-order valence-electron chi connectivity index (χ3n) is 5.47. The van der Waals surface area contributed by atoms with Crippen molar-refractivity contribution in [2.45, 2.75) is 5.37 Å². The second-order valence-corrected chi connectivity index (χ2v) is 8.88. The number of carbonyl (C=O) groups excluding carboxylic acids is 1. The van der Waals surface area contributed by atoms with Crippen molar-refractivity contribution in [2.75, 3.05) is 12.9 Å². The molecule has 1 amide bonds. The zero-order chi connectivity index (χ0) is 22.9. The van der Waals surface area contributed by atoms with E-state index in [1.165, 1.54) is 21.2 Å². The fourth-order valence-electron chi connectivity index (χ4n) is 3.84. The van der Waals surface area contributed by atoms with Crippen molar-refractivity contribution in [3.05, 3.63) is 94.8 Å². The maximum atomic E-state index is 13.6. The number of aromatic nitrogens is 2. The van der Waals surface area contributed by atoms with Crippen molar-refractivity contribution >= 4 is 45.9 Å².